The predicted molar refractivity (Wildman–Crippen MR) is 126 cm³/mol. The van der Waals surface area contributed by atoms with E-state index in [1.54, 1.807) is 32.0 Å². The standard InChI is InChI=1S/C25H26N2O5S/c1-16-11-17(2)24(18(3)12-16)33(29,30)27-21(13-19-7-5-4-6-8-19)25(28)26-20-9-10-22-23(14-20)32-15-31-22/h4-12,14,21,27H,13,15H2,1-3H3,(H,26,28)/t21-/m1/s1. The molecule has 1 aliphatic heterocycles. The third kappa shape index (κ3) is 5.18. The molecule has 0 saturated heterocycles. The summed E-state index contributed by atoms with van der Waals surface area (Å²) >= 11 is 0. The molecule has 1 heterocycles. The number of ether oxygens (including phenoxy) is 2. The van der Waals surface area contributed by atoms with Crippen LogP contribution in [-0.2, 0) is 21.2 Å². The summed E-state index contributed by atoms with van der Waals surface area (Å²) in [5.74, 6) is 0.655. The number of sulfonamides is 1. The molecular weight excluding hydrogens is 440 g/mol. The summed E-state index contributed by atoms with van der Waals surface area (Å²) in [5.41, 5.74) is 3.57. The lowest BCUT2D eigenvalue weighted by atomic mass is 10.1. The van der Waals surface area contributed by atoms with E-state index in [2.05, 4.69) is 10.0 Å². The number of nitrogens with one attached hydrogen (secondary N) is 2. The number of rotatable bonds is 7. The molecule has 8 heteroatoms. The van der Waals surface area contributed by atoms with Crippen molar-refractivity contribution >= 4 is 21.6 Å². The lowest BCUT2D eigenvalue weighted by Crippen LogP contribution is -2.45. The number of benzene rings is 3. The van der Waals surface area contributed by atoms with E-state index in [0.717, 1.165) is 11.1 Å². The lowest BCUT2D eigenvalue weighted by molar-refractivity contribution is -0.117. The summed E-state index contributed by atoms with van der Waals surface area (Å²) in [6, 6.07) is 17.0. The molecule has 1 atom stereocenters. The highest BCUT2D eigenvalue weighted by molar-refractivity contribution is 7.89. The summed E-state index contributed by atoms with van der Waals surface area (Å²) in [6.45, 7) is 5.56. The summed E-state index contributed by atoms with van der Waals surface area (Å²) in [6.07, 6.45) is 0.195. The summed E-state index contributed by atoms with van der Waals surface area (Å²) in [7, 11) is -3.96. The van der Waals surface area contributed by atoms with Crippen LogP contribution in [0.4, 0.5) is 5.69 Å². The Balaban J connectivity index is 1.62. The van der Waals surface area contributed by atoms with Gasteiger partial charge in [0.25, 0.3) is 0 Å². The van der Waals surface area contributed by atoms with Crippen LogP contribution in [0, 0.1) is 20.8 Å². The minimum Gasteiger partial charge on any atom is -0.454 e. The predicted octanol–water partition coefficient (Wildman–Crippen LogP) is 3.87. The van der Waals surface area contributed by atoms with Gasteiger partial charge in [-0.1, -0.05) is 48.0 Å². The van der Waals surface area contributed by atoms with Crippen molar-refractivity contribution in [2.24, 2.45) is 0 Å². The van der Waals surface area contributed by atoms with Crippen molar-refractivity contribution in [2.45, 2.75) is 38.1 Å². The lowest BCUT2D eigenvalue weighted by Gasteiger charge is -2.21. The first-order valence-corrected chi connectivity index (χ1v) is 12.1. The minimum atomic E-state index is -3.96. The van der Waals surface area contributed by atoms with Gasteiger partial charge in [0.15, 0.2) is 11.5 Å². The van der Waals surface area contributed by atoms with E-state index in [-0.39, 0.29) is 18.1 Å². The van der Waals surface area contributed by atoms with Crippen LogP contribution in [0.3, 0.4) is 0 Å². The van der Waals surface area contributed by atoms with E-state index in [0.29, 0.717) is 28.3 Å². The topological polar surface area (TPSA) is 93.7 Å². The number of amides is 1. The SMILES string of the molecule is Cc1cc(C)c(S(=O)(=O)N[C@H](Cc2ccccc2)C(=O)Nc2ccc3c(c2)OCO3)c(C)c1. The second kappa shape index (κ2) is 9.25. The van der Waals surface area contributed by atoms with Crippen molar-refractivity contribution in [1.82, 2.24) is 4.72 Å². The van der Waals surface area contributed by atoms with Crippen LogP contribution in [0.2, 0.25) is 0 Å². The smallest absolute Gasteiger partial charge is 0.242 e. The molecule has 0 radical (unpaired) electrons. The number of hydrogen-bond acceptors (Lipinski definition) is 5. The molecule has 0 unspecified atom stereocenters. The molecule has 4 rings (SSSR count). The Bertz CT molecular complexity index is 1270. The number of carbonyl (C=O) groups is 1. The zero-order chi connectivity index (χ0) is 23.6. The third-order valence-corrected chi connectivity index (χ3v) is 7.19. The Morgan fingerprint density at radius 1 is 0.939 bits per heavy atom. The van der Waals surface area contributed by atoms with Crippen LogP contribution in [-0.4, -0.2) is 27.2 Å². The molecule has 172 valence electrons. The molecule has 0 aliphatic carbocycles. The Hall–Kier alpha value is -3.36. The number of aryl methyl sites for hydroxylation is 3. The maximum absolute atomic E-state index is 13.4. The van der Waals surface area contributed by atoms with Crippen molar-refractivity contribution in [3.05, 3.63) is 82.9 Å². The highest BCUT2D eigenvalue weighted by Gasteiger charge is 2.29. The van der Waals surface area contributed by atoms with Crippen molar-refractivity contribution in [3.8, 4) is 11.5 Å². The molecule has 7 nitrogen and oxygen atoms in total. The van der Waals surface area contributed by atoms with E-state index in [4.69, 9.17) is 9.47 Å². The molecule has 3 aromatic rings. The van der Waals surface area contributed by atoms with Crippen LogP contribution >= 0.6 is 0 Å². The van der Waals surface area contributed by atoms with Crippen LogP contribution < -0.4 is 19.5 Å². The number of hydrogen-bond donors (Lipinski definition) is 2. The van der Waals surface area contributed by atoms with E-state index in [1.807, 2.05) is 49.4 Å². The molecular formula is C25H26N2O5S. The van der Waals surface area contributed by atoms with Gasteiger partial charge in [0.05, 0.1) is 4.90 Å². The maximum atomic E-state index is 13.4. The van der Waals surface area contributed by atoms with Gasteiger partial charge in [-0.05, 0) is 56.0 Å². The van der Waals surface area contributed by atoms with Gasteiger partial charge in [-0.2, -0.15) is 4.72 Å². The highest BCUT2D eigenvalue weighted by Crippen LogP contribution is 2.34. The molecule has 0 fully saturated rings. The summed E-state index contributed by atoms with van der Waals surface area (Å²) in [4.78, 5) is 13.4. The van der Waals surface area contributed by atoms with Gasteiger partial charge in [-0.3, -0.25) is 4.79 Å². The summed E-state index contributed by atoms with van der Waals surface area (Å²) < 4.78 is 40.0. The van der Waals surface area contributed by atoms with Crippen LogP contribution in [0.15, 0.2) is 65.6 Å². The van der Waals surface area contributed by atoms with Gasteiger partial charge in [-0.25, -0.2) is 8.42 Å². The molecule has 0 spiro atoms. The maximum Gasteiger partial charge on any atom is 0.242 e. The Labute approximate surface area is 193 Å². The van der Waals surface area contributed by atoms with E-state index in [9.17, 15) is 13.2 Å². The molecule has 0 saturated carbocycles. The van der Waals surface area contributed by atoms with Crippen molar-refractivity contribution in [1.29, 1.82) is 0 Å². The molecule has 33 heavy (non-hydrogen) atoms. The zero-order valence-corrected chi connectivity index (χ0v) is 19.5. The second-order valence-electron chi connectivity index (χ2n) is 8.15. The minimum absolute atomic E-state index is 0.123. The molecule has 2 N–H and O–H groups in total. The molecule has 0 bridgehead atoms. The average molecular weight is 467 g/mol. The Morgan fingerprint density at radius 3 is 2.30 bits per heavy atom. The quantitative estimate of drug-likeness (QED) is 0.551. The first-order valence-electron chi connectivity index (χ1n) is 10.6. The number of fused-ring (bicyclic) bond motifs is 1. The van der Waals surface area contributed by atoms with E-state index in [1.165, 1.54) is 0 Å². The van der Waals surface area contributed by atoms with Crippen molar-refractivity contribution in [3.63, 3.8) is 0 Å². The fourth-order valence-corrected chi connectivity index (χ4v) is 5.73. The third-order valence-electron chi connectivity index (χ3n) is 5.41. The number of carbonyl (C=O) groups excluding carboxylic acids is 1. The van der Waals surface area contributed by atoms with Gasteiger partial charge in [0.1, 0.15) is 6.04 Å². The fraction of sp³-hybridized carbons (Fsp3) is 0.240. The second-order valence-corrected chi connectivity index (χ2v) is 9.80. The molecule has 0 aromatic heterocycles. The first-order chi connectivity index (χ1) is 15.7. The van der Waals surface area contributed by atoms with E-state index >= 15 is 0 Å². The monoisotopic (exact) mass is 466 g/mol. The van der Waals surface area contributed by atoms with Gasteiger partial charge in [0, 0.05) is 11.8 Å². The van der Waals surface area contributed by atoms with Gasteiger partial charge < -0.3 is 14.8 Å². The number of anilines is 1. The van der Waals surface area contributed by atoms with Crippen LogP contribution in [0.25, 0.3) is 0 Å². The molecule has 1 aliphatic rings. The average Bonchev–Trinajstić information content (AvgIpc) is 3.20. The Morgan fingerprint density at radius 2 is 1.61 bits per heavy atom. The van der Waals surface area contributed by atoms with E-state index < -0.39 is 22.0 Å². The molecule has 3 aromatic carbocycles. The van der Waals surface area contributed by atoms with Gasteiger partial charge >= 0.3 is 0 Å². The van der Waals surface area contributed by atoms with Crippen molar-refractivity contribution < 1.29 is 22.7 Å². The zero-order valence-electron chi connectivity index (χ0n) is 18.7. The molecule has 1 amide bonds. The normalized spacial score (nSPS) is 13.5. The summed E-state index contributed by atoms with van der Waals surface area (Å²) in [5, 5.41) is 2.80. The fourth-order valence-electron chi connectivity index (χ4n) is 4.08. The van der Waals surface area contributed by atoms with Crippen LogP contribution in [0.5, 0.6) is 11.5 Å². The van der Waals surface area contributed by atoms with Gasteiger partial charge in [0.2, 0.25) is 22.7 Å². The largest absolute Gasteiger partial charge is 0.454 e. The Kier molecular flexibility index (Phi) is 6.40. The highest BCUT2D eigenvalue weighted by atomic mass is 32.2. The van der Waals surface area contributed by atoms with Gasteiger partial charge in [-0.15, -0.1) is 0 Å². The first kappa shape index (κ1) is 22.8. The van der Waals surface area contributed by atoms with Crippen molar-refractivity contribution in [2.75, 3.05) is 12.1 Å². The van der Waals surface area contributed by atoms with Crippen LogP contribution in [0.1, 0.15) is 22.3 Å².